The van der Waals surface area contributed by atoms with Crippen LogP contribution in [0, 0.1) is 18.6 Å². The predicted molar refractivity (Wildman–Crippen MR) is 127 cm³/mol. The van der Waals surface area contributed by atoms with Gasteiger partial charge in [0.05, 0.1) is 24.4 Å². The van der Waals surface area contributed by atoms with Gasteiger partial charge in [0, 0.05) is 18.5 Å². The first-order valence-corrected chi connectivity index (χ1v) is 11.9. The van der Waals surface area contributed by atoms with Crippen LogP contribution < -0.4 is 9.46 Å². The quantitative estimate of drug-likeness (QED) is 0.362. The fraction of sp³-hybridized carbons (Fsp3) is 0.261. The molecule has 182 valence electrons. The Kier molecular flexibility index (Phi) is 7.22. The second-order valence-electron chi connectivity index (χ2n) is 7.83. The topological polar surface area (TPSA) is 114 Å². The normalized spacial score (nSPS) is 13.8. The number of halogens is 2. The zero-order valence-electron chi connectivity index (χ0n) is 19.4. The van der Waals surface area contributed by atoms with Crippen LogP contribution >= 0.6 is 0 Å². The molecule has 0 radical (unpaired) electrons. The molecule has 4 aromatic rings. The molecule has 3 aromatic heterocycles. The van der Waals surface area contributed by atoms with E-state index in [2.05, 4.69) is 29.9 Å². The van der Waals surface area contributed by atoms with E-state index in [9.17, 15) is 13.3 Å². The number of pyridine rings is 1. The average Bonchev–Trinajstić information content (AvgIpc) is 3.26. The summed E-state index contributed by atoms with van der Waals surface area (Å²) in [5.74, 6) is -1.25. The van der Waals surface area contributed by atoms with Gasteiger partial charge >= 0.3 is 0 Å². The molecule has 0 fully saturated rings. The Morgan fingerprint density at radius 3 is 2.34 bits per heavy atom. The molecule has 1 aromatic carbocycles. The third kappa shape index (κ3) is 5.08. The molecule has 35 heavy (non-hydrogen) atoms. The molecule has 9 nitrogen and oxygen atoms in total. The minimum atomic E-state index is -1.74. The largest absolute Gasteiger partial charge is 0.593 e. The number of anilines is 1. The first-order valence-electron chi connectivity index (χ1n) is 10.7. The first kappa shape index (κ1) is 24.5. The highest BCUT2D eigenvalue weighted by molar-refractivity contribution is 7.93. The van der Waals surface area contributed by atoms with Crippen LogP contribution in [0.2, 0.25) is 0 Å². The van der Waals surface area contributed by atoms with Crippen LogP contribution in [0.1, 0.15) is 31.2 Å². The molecule has 0 aliphatic carbocycles. The van der Waals surface area contributed by atoms with Gasteiger partial charge in [0.2, 0.25) is 5.88 Å². The van der Waals surface area contributed by atoms with Crippen LogP contribution in [-0.4, -0.2) is 46.6 Å². The highest BCUT2D eigenvalue weighted by Crippen LogP contribution is 2.30. The van der Waals surface area contributed by atoms with E-state index in [0.29, 0.717) is 5.82 Å². The van der Waals surface area contributed by atoms with E-state index >= 15 is 0 Å². The maximum Gasteiger partial charge on any atom is 0.271 e. The van der Waals surface area contributed by atoms with E-state index in [4.69, 9.17) is 4.74 Å². The summed E-state index contributed by atoms with van der Waals surface area (Å²) in [6.07, 6.45) is 3.37. The van der Waals surface area contributed by atoms with E-state index in [0.717, 1.165) is 22.3 Å². The summed E-state index contributed by atoms with van der Waals surface area (Å²) in [6, 6.07) is 8.36. The van der Waals surface area contributed by atoms with Crippen molar-refractivity contribution in [1.29, 1.82) is 0 Å². The number of aryl methyl sites for hydroxylation is 1. The van der Waals surface area contributed by atoms with Gasteiger partial charge in [0.15, 0.2) is 5.82 Å². The minimum absolute atomic E-state index is 0.0370. The summed E-state index contributed by atoms with van der Waals surface area (Å²) in [5.41, 5.74) is 0.735. The summed E-state index contributed by atoms with van der Waals surface area (Å²) in [7, 11) is 1.45. The molecule has 3 unspecified atom stereocenters. The van der Waals surface area contributed by atoms with Crippen molar-refractivity contribution < 1.29 is 18.1 Å². The van der Waals surface area contributed by atoms with Gasteiger partial charge in [0.25, 0.3) is 5.95 Å². The Hall–Kier alpha value is -3.64. The van der Waals surface area contributed by atoms with Crippen molar-refractivity contribution in [2.24, 2.45) is 0 Å². The highest BCUT2D eigenvalue weighted by atomic mass is 32.2. The summed E-state index contributed by atoms with van der Waals surface area (Å²) >= 11 is -1.74. The molecule has 0 aliphatic heterocycles. The first-order chi connectivity index (χ1) is 16.8. The van der Waals surface area contributed by atoms with Gasteiger partial charge < -0.3 is 9.29 Å². The van der Waals surface area contributed by atoms with E-state index < -0.39 is 33.9 Å². The Morgan fingerprint density at radius 2 is 1.69 bits per heavy atom. The molecule has 12 heteroatoms. The van der Waals surface area contributed by atoms with Gasteiger partial charge in [-0.1, -0.05) is 19.1 Å². The number of nitrogens with one attached hydrogen (secondary N) is 1. The third-order valence-corrected chi connectivity index (χ3v) is 6.90. The van der Waals surface area contributed by atoms with Gasteiger partial charge in [-0.25, -0.2) is 23.7 Å². The van der Waals surface area contributed by atoms with Crippen LogP contribution in [0.5, 0.6) is 5.88 Å². The van der Waals surface area contributed by atoms with Crippen LogP contribution in [-0.2, 0) is 11.4 Å². The van der Waals surface area contributed by atoms with E-state index in [1.54, 1.807) is 37.5 Å². The average molecular weight is 500 g/mol. The number of hydrogen-bond donors (Lipinski definition) is 1. The highest BCUT2D eigenvalue weighted by Gasteiger charge is 2.31. The van der Waals surface area contributed by atoms with Crippen molar-refractivity contribution in [2.45, 2.75) is 31.9 Å². The maximum absolute atomic E-state index is 14.8. The van der Waals surface area contributed by atoms with E-state index in [1.807, 2.05) is 13.8 Å². The predicted octanol–water partition coefficient (Wildman–Crippen LogP) is 3.98. The standard InChI is InChI=1S/C23H23F2N7O2S/c1-13-11-26-21(27-12-13)14(2)15(3)35(33)31-23-30-29-22(18-9-6-10-19(28-18)34-4)32(23)20-16(24)7-5-8-17(20)25/h5-12,14-15H,1-4H3,(H,30,31). The van der Waals surface area contributed by atoms with E-state index in [1.165, 1.54) is 13.2 Å². The molecule has 3 atom stereocenters. The SMILES string of the molecule is COc1cccc(-c2nnc(N[S+]([O-])C(C)C(C)c3ncc(C)cn3)n2-c2c(F)cccc2F)n1. The fourth-order valence-electron chi connectivity index (χ4n) is 3.30. The van der Waals surface area contributed by atoms with Crippen molar-refractivity contribution in [2.75, 3.05) is 11.8 Å². The minimum Gasteiger partial charge on any atom is -0.593 e. The molecular weight excluding hydrogens is 476 g/mol. The Balaban J connectivity index is 1.73. The van der Waals surface area contributed by atoms with Gasteiger partial charge in [-0.2, -0.15) is 4.72 Å². The lowest BCUT2D eigenvalue weighted by Gasteiger charge is -2.22. The van der Waals surface area contributed by atoms with Crippen LogP contribution in [0.15, 0.2) is 48.8 Å². The zero-order valence-corrected chi connectivity index (χ0v) is 20.3. The second-order valence-corrected chi connectivity index (χ2v) is 9.37. The molecule has 3 heterocycles. The smallest absolute Gasteiger partial charge is 0.271 e. The van der Waals surface area contributed by atoms with Gasteiger partial charge in [-0.15, -0.1) is 10.2 Å². The molecule has 0 saturated carbocycles. The number of aromatic nitrogens is 6. The van der Waals surface area contributed by atoms with Gasteiger partial charge in [-0.3, -0.25) is 4.57 Å². The molecule has 0 bridgehead atoms. The van der Waals surface area contributed by atoms with Gasteiger partial charge in [-0.05, 0) is 37.6 Å². The van der Waals surface area contributed by atoms with Crippen molar-refractivity contribution in [3.8, 4) is 23.1 Å². The Labute approximate surface area is 204 Å². The fourth-order valence-corrected chi connectivity index (χ4v) is 4.29. The molecule has 0 aliphatic rings. The van der Waals surface area contributed by atoms with Gasteiger partial charge in [0.1, 0.15) is 34.1 Å². The summed E-state index contributed by atoms with van der Waals surface area (Å²) in [4.78, 5) is 12.9. The second kappa shape index (κ2) is 10.3. The number of nitrogens with zero attached hydrogens (tertiary/aromatic N) is 6. The number of rotatable bonds is 8. The molecule has 0 spiro atoms. The zero-order chi connectivity index (χ0) is 25.1. The van der Waals surface area contributed by atoms with Crippen molar-refractivity contribution >= 4 is 17.3 Å². The summed E-state index contributed by atoms with van der Waals surface area (Å²) < 4.78 is 51.9. The number of methoxy groups -OCH3 is 1. The lowest BCUT2D eigenvalue weighted by Crippen LogP contribution is -2.31. The summed E-state index contributed by atoms with van der Waals surface area (Å²) in [5, 5.41) is 7.64. The van der Waals surface area contributed by atoms with Crippen LogP contribution in [0.3, 0.4) is 0 Å². The van der Waals surface area contributed by atoms with Crippen LogP contribution in [0.25, 0.3) is 17.2 Å². The number of hydrogen-bond acceptors (Lipinski definition) is 8. The molecule has 4 rings (SSSR count). The number of benzene rings is 1. The molecular formula is C23H23F2N7O2S. The Morgan fingerprint density at radius 1 is 1.03 bits per heavy atom. The van der Waals surface area contributed by atoms with Crippen LogP contribution in [0.4, 0.5) is 14.7 Å². The molecule has 0 saturated heterocycles. The summed E-state index contributed by atoms with van der Waals surface area (Å²) in [6.45, 7) is 5.48. The third-order valence-electron chi connectivity index (χ3n) is 5.43. The van der Waals surface area contributed by atoms with Crippen molar-refractivity contribution in [3.05, 3.63) is 71.8 Å². The monoisotopic (exact) mass is 499 g/mol. The lowest BCUT2D eigenvalue weighted by molar-refractivity contribution is 0.398. The van der Waals surface area contributed by atoms with Crippen molar-refractivity contribution in [3.63, 3.8) is 0 Å². The Bertz CT molecular complexity index is 1300. The maximum atomic E-state index is 14.8. The molecule has 1 N–H and O–H groups in total. The molecule has 0 amide bonds. The number of ether oxygens (including phenoxy) is 1. The number of para-hydroxylation sites is 1. The lowest BCUT2D eigenvalue weighted by atomic mass is 10.1. The van der Waals surface area contributed by atoms with Crippen molar-refractivity contribution in [1.82, 2.24) is 29.7 Å². The van der Waals surface area contributed by atoms with E-state index in [-0.39, 0.29) is 29.3 Å².